The fraction of sp³-hybridized carbons (Fsp3) is 0.333. The molecule has 3 aromatic rings. The molecule has 15 heteroatoms. The van der Waals surface area contributed by atoms with Crippen LogP contribution in [0.3, 0.4) is 0 Å². The Morgan fingerprint density at radius 2 is 1.59 bits per heavy atom. The van der Waals surface area contributed by atoms with Gasteiger partial charge in [0.05, 0.1) is 25.4 Å². The maximum atomic E-state index is 12.8. The van der Waals surface area contributed by atoms with Crippen molar-refractivity contribution < 1.29 is 34.2 Å². The summed E-state index contributed by atoms with van der Waals surface area (Å²) in [5.41, 5.74) is 13.3. The van der Waals surface area contributed by atoms with Gasteiger partial charge in [0.25, 0.3) is 0 Å². The highest BCUT2D eigenvalue weighted by molar-refractivity contribution is 5.96. The molecule has 0 spiro atoms. The maximum absolute atomic E-state index is 12.8. The average molecular weight is 543 g/mol. The largest absolute Gasteiger partial charge is 0.480 e. The Labute approximate surface area is 221 Å². The maximum Gasteiger partial charge on any atom is 0.326 e. The molecule has 0 bridgehead atoms. The first kappa shape index (κ1) is 28.8. The van der Waals surface area contributed by atoms with Crippen molar-refractivity contribution in [2.75, 3.05) is 6.61 Å². The zero-order valence-corrected chi connectivity index (χ0v) is 20.7. The number of rotatable bonds is 14. The van der Waals surface area contributed by atoms with Crippen molar-refractivity contribution in [3.05, 3.63) is 54.2 Å². The number of fused-ring (bicyclic) bond motifs is 1. The number of carbonyl (C=O) groups is 5. The third-order valence-electron chi connectivity index (χ3n) is 5.90. The summed E-state index contributed by atoms with van der Waals surface area (Å²) in [6.07, 6.45) is 3.75. The van der Waals surface area contributed by atoms with Gasteiger partial charge in [-0.2, -0.15) is 0 Å². The molecule has 11 N–H and O–H groups in total. The van der Waals surface area contributed by atoms with Crippen LogP contribution in [0.15, 0.2) is 43.0 Å². The molecule has 3 rings (SSSR count). The molecule has 208 valence electrons. The SMILES string of the molecule is NC(=O)CC(NC(=O)C(CO)NC(=O)C(N)Cc1c[nH]c2ccccc12)C(=O)NC(Cc1cnc[nH]1)C(=O)O. The van der Waals surface area contributed by atoms with Gasteiger partial charge in [0.15, 0.2) is 0 Å². The highest BCUT2D eigenvalue weighted by Crippen LogP contribution is 2.18. The summed E-state index contributed by atoms with van der Waals surface area (Å²) in [6, 6.07) is 1.84. The molecule has 39 heavy (non-hydrogen) atoms. The number of aliphatic hydroxyl groups is 1. The molecule has 0 aliphatic carbocycles. The molecule has 0 aliphatic rings. The second kappa shape index (κ2) is 13.2. The first-order chi connectivity index (χ1) is 18.6. The van der Waals surface area contributed by atoms with Crippen molar-refractivity contribution in [3.8, 4) is 0 Å². The molecule has 15 nitrogen and oxygen atoms in total. The first-order valence-electron chi connectivity index (χ1n) is 11.9. The van der Waals surface area contributed by atoms with Crippen LogP contribution < -0.4 is 27.4 Å². The quantitative estimate of drug-likeness (QED) is 0.103. The zero-order chi connectivity index (χ0) is 28.5. The Morgan fingerprint density at radius 1 is 0.923 bits per heavy atom. The molecule has 4 amide bonds. The van der Waals surface area contributed by atoms with Gasteiger partial charge < -0.3 is 47.6 Å². The molecule has 4 atom stereocenters. The van der Waals surface area contributed by atoms with E-state index in [1.165, 1.54) is 12.5 Å². The molecule has 0 saturated heterocycles. The van der Waals surface area contributed by atoms with Gasteiger partial charge in [-0.3, -0.25) is 19.2 Å². The Hall–Kier alpha value is -4.76. The van der Waals surface area contributed by atoms with Crippen molar-refractivity contribution in [2.45, 2.75) is 43.4 Å². The number of amides is 4. The fourth-order valence-corrected chi connectivity index (χ4v) is 3.87. The normalized spacial score (nSPS) is 14.1. The Balaban J connectivity index is 1.63. The summed E-state index contributed by atoms with van der Waals surface area (Å²) in [4.78, 5) is 71.0. The van der Waals surface area contributed by atoms with Crippen LogP contribution in [0.4, 0.5) is 0 Å². The Kier molecular flexibility index (Phi) is 9.72. The number of hydrogen-bond donors (Lipinski definition) is 9. The van der Waals surface area contributed by atoms with E-state index in [0.717, 1.165) is 16.5 Å². The minimum Gasteiger partial charge on any atom is -0.480 e. The molecule has 0 saturated carbocycles. The van der Waals surface area contributed by atoms with Crippen LogP contribution >= 0.6 is 0 Å². The number of aromatic amines is 2. The minimum atomic E-state index is -1.58. The molecular weight excluding hydrogens is 512 g/mol. The van der Waals surface area contributed by atoms with Crippen LogP contribution in [0, 0.1) is 0 Å². The molecule has 4 unspecified atom stereocenters. The number of para-hydroxylation sites is 1. The molecular formula is C24H30N8O7. The predicted octanol–water partition coefficient (Wildman–Crippen LogP) is -2.59. The number of carboxylic acid groups (broad SMARTS) is 1. The number of aliphatic hydroxyl groups excluding tert-OH is 1. The molecule has 0 fully saturated rings. The summed E-state index contributed by atoms with van der Waals surface area (Å²) in [5.74, 6) is -5.08. The van der Waals surface area contributed by atoms with E-state index < -0.39 is 66.8 Å². The Bertz CT molecular complexity index is 1320. The van der Waals surface area contributed by atoms with Crippen LogP contribution in [0.2, 0.25) is 0 Å². The van der Waals surface area contributed by atoms with Crippen LogP contribution in [0.25, 0.3) is 10.9 Å². The van der Waals surface area contributed by atoms with Crippen molar-refractivity contribution >= 4 is 40.5 Å². The summed E-state index contributed by atoms with van der Waals surface area (Å²) in [7, 11) is 0. The third-order valence-corrected chi connectivity index (χ3v) is 5.90. The number of nitrogens with two attached hydrogens (primary N) is 2. The Morgan fingerprint density at radius 3 is 2.23 bits per heavy atom. The monoisotopic (exact) mass is 542 g/mol. The summed E-state index contributed by atoms with van der Waals surface area (Å²) >= 11 is 0. The predicted molar refractivity (Wildman–Crippen MR) is 137 cm³/mol. The van der Waals surface area contributed by atoms with Crippen molar-refractivity contribution in [1.82, 2.24) is 30.9 Å². The van der Waals surface area contributed by atoms with Gasteiger partial charge in [0.1, 0.15) is 18.1 Å². The van der Waals surface area contributed by atoms with Crippen LogP contribution in [-0.2, 0) is 36.8 Å². The number of aromatic nitrogens is 3. The van der Waals surface area contributed by atoms with E-state index in [1.54, 1.807) is 6.20 Å². The summed E-state index contributed by atoms with van der Waals surface area (Å²) < 4.78 is 0. The number of nitrogens with one attached hydrogen (secondary N) is 5. The fourth-order valence-electron chi connectivity index (χ4n) is 3.87. The van der Waals surface area contributed by atoms with Gasteiger partial charge in [0.2, 0.25) is 23.6 Å². The lowest BCUT2D eigenvalue weighted by atomic mass is 10.0. The van der Waals surface area contributed by atoms with E-state index in [9.17, 15) is 34.2 Å². The average Bonchev–Trinajstić information content (AvgIpc) is 3.56. The number of imidazole rings is 1. The number of aliphatic carboxylic acids is 1. The molecule has 0 aliphatic heterocycles. The second-order valence-corrected chi connectivity index (χ2v) is 8.83. The lowest BCUT2D eigenvalue weighted by Crippen LogP contribution is -2.59. The first-order valence-corrected chi connectivity index (χ1v) is 11.9. The van der Waals surface area contributed by atoms with Crippen LogP contribution in [-0.4, -0.2) is 85.5 Å². The van der Waals surface area contributed by atoms with E-state index in [4.69, 9.17) is 11.5 Å². The number of benzene rings is 1. The lowest BCUT2D eigenvalue weighted by molar-refractivity contribution is -0.142. The number of primary amides is 1. The minimum absolute atomic E-state index is 0.134. The van der Waals surface area contributed by atoms with Crippen molar-refractivity contribution in [2.24, 2.45) is 11.5 Å². The number of H-pyrrole nitrogens is 2. The van der Waals surface area contributed by atoms with Crippen molar-refractivity contribution in [1.29, 1.82) is 0 Å². The zero-order valence-electron chi connectivity index (χ0n) is 20.7. The lowest BCUT2D eigenvalue weighted by Gasteiger charge is -2.23. The van der Waals surface area contributed by atoms with E-state index in [1.807, 2.05) is 24.3 Å². The number of nitrogens with zero attached hydrogens (tertiary/aromatic N) is 1. The smallest absolute Gasteiger partial charge is 0.326 e. The summed E-state index contributed by atoms with van der Waals surface area (Å²) in [6.45, 7) is -0.847. The second-order valence-electron chi connectivity index (χ2n) is 8.83. The molecule has 2 aromatic heterocycles. The van der Waals surface area contributed by atoms with E-state index in [0.29, 0.717) is 5.69 Å². The van der Waals surface area contributed by atoms with E-state index in [-0.39, 0.29) is 12.8 Å². The summed E-state index contributed by atoms with van der Waals surface area (Å²) in [5, 5.41) is 26.9. The van der Waals surface area contributed by atoms with E-state index in [2.05, 4.69) is 30.9 Å². The molecule has 2 heterocycles. The molecule has 0 radical (unpaired) electrons. The van der Waals surface area contributed by atoms with Gasteiger partial charge in [-0.25, -0.2) is 9.78 Å². The highest BCUT2D eigenvalue weighted by Gasteiger charge is 2.31. The molecule has 1 aromatic carbocycles. The van der Waals surface area contributed by atoms with Gasteiger partial charge in [-0.1, -0.05) is 18.2 Å². The topological polar surface area (TPSA) is 258 Å². The standard InChI is InChI=1S/C24H30N8O7/c25-15(5-12-8-28-16-4-2-1-3-14(12)16)21(35)32-19(10-33)23(37)30-17(7-20(26)34)22(36)31-18(24(38)39)6-13-9-27-11-29-13/h1-4,8-9,11,15,17-19,28,33H,5-7,10,25H2,(H2,26,34)(H,27,29)(H,30,37)(H,31,36)(H,32,35)(H,38,39). The third kappa shape index (κ3) is 7.86. The highest BCUT2D eigenvalue weighted by atomic mass is 16.4. The number of carbonyl (C=O) groups excluding carboxylic acids is 4. The van der Waals surface area contributed by atoms with Gasteiger partial charge in [-0.05, 0) is 18.1 Å². The van der Waals surface area contributed by atoms with Gasteiger partial charge in [-0.15, -0.1) is 0 Å². The van der Waals surface area contributed by atoms with Crippen molar-refractivity contribution in [3.63, 3.8) is 0 Å². The van der Waals surface area contributed by atoms with Gasteiger partial charge in [0, 0.05) is 35.4 Å². The van der Waals surface area contributed by atoms with Crippen LogP contribution in [0.5, 0.6) is 0 Å². The van der Waals surface area contributed by atoms with Gasteiger partial charge >= 0.3 is 5.97 Å². The number of hydrogen-bond acceptors (Lipinski definition) is 8. The van der Waals surface area contributed by atoms with E-state index >= 15 is 0 Å². The number of carboxylic acids is 1. The van der Waals surface area contributed by atoms with Crippen LogP contribution in [0.1, 0.15) is 17.7 Å².